The van der Waals surface area contributed by atoms with Gasteiger partial charge in [-0.2, -0.15) is 0 Å². The van der Waals surface area contributed by atoms with Gasteiger partial charge in [0.25, 0.3) is 0 Å². The number of nitrogens with zero attached hydrogens (tertiary/aromatic N) is 2. The number of hydrogen-bond acceptors (Lipinski definition) is 2. The van der Waals surface area contributed by atoms with Crippen molar-refractivity contribution in [3.63, 3.8) is 0 Å². The summed E-state index contributed by atoms with van der Waals surface area (Å²) in [5, 5.41) is 0. The number of aryl methyl sites for hydroxylation is 1. The lowest BCUT2D eigenvalue weighted by atomic mass is 10.0. The lowest BCUT2D eigenvalue weighted by Crippen LogP contribution is -2.30. The standard InChI is InChI=1S/C13H20N2/c1-10(2)15-8-4-5-13(15)12-9-14-7-6-11(12)3/h6-7,9-10,13H,4-5,8H2,1-3H3/t13-/m1/s1. The molecule has 0 amide bonds. The largest absolute Gasteiger partial charge is 0.294 e. The molecule has 1 aliphatic heterocycles. The van der Waals surface area contributed by atoms with Crippen LogP contribution in [-0.4, -0.2) is 22.5 Å². The summed E-state index contributed by atoms with van der Waals surface area (Å²) in [6, 6.07) is 3.35. The van der Waals surface area contributed by atoms with Crippen LogP contribution in [0.5, 0.6) is 0 Å². The fraction of sp³-hybridized carbons (Fsp3) is 0.615. The number of hydrogen-bond donors (Lipinski definition) is 0. The highest BCUT2D eigenvalue weighted by Crippen LogP contribution is 2.34. The van der Waals surface area contributed by atoms with Gasteiger partial charge in [0.2, 0.25) is 0 Å². The fourth-order valence-corrected chi connectivity index (χ4v) is 2.57. The molecule has 2 rings (SSSR count). The molecule has 0 saturated carbocycles. The molecule has 0 bridgehead atoms. The molecular formula is C13H20N2. The van der Waals surface area contributed by atoms with Crippen LogP contribution in [0.15, 0.2) is 18.5 Å². The van der Waals surface area contributed by atoms with E-state index in [0.29, 0.717) is 12.1 Å². The molecule has 0 unspecified atom stereocenters. The van der Waals surface area contributed by atoms with Crippen molar-refractivity contribution in [3.05, 3.63) is 29.6 Å². The number of rotatable bonds is 2. The third-order valence-electron chi connectivity index (χ3n) is 3.40. The Kier molecular flexibility index (Phi) is 3.06. The molecule has 15 heavy (non-hydrogen) atoms. The average Bonchev–Trinajstić information content (AvgIpc) is 2.67. The van der Waals surface area contributed by atoms with Gasteiger partial charge in [0.1, 0.15) is 0 Å². The smallest absolute Gasteiger partial charge is 0.0369 e. The van der Waals surface area contributed by atoms with Crippen LogP contribution in [0, 0.1) is 6.92 Å². The third kappa shape index (κ3) is 2.05. The summed E-state index contributed by atoms with van der Waals surface area (Å²) in [6.45, 7) is 7.98. The predicted molar refractivity (Wildman–Crippen MR) is 62.8 cm³/mol. The molecule has 0 N–H and O–H groups in total. The first kappa shape index (κ1) is 10.6. The Bertz CT molecular complexity index is 333. The summed E-state index contributed by atoms with van der Waals surface area (Å²) in [6.07, 6.45) is 6.52. The summed E-state index contributed by atoms with van der Waals surface area (Å²) in [5.74, 6) is 0. The minimum atomic E-state index is 0.596. The van der Waals surface area contributed by atoms with Crippen LogP contribution in [0.4, 0.5) is 0 Å². The van der Waals surface area contributed by atoms with Crippen LogP contribution >= 0.6 is 0 Å². The molecular weight excluding hydrogens is 184 g/mol. The number of aromatic nitrogens is 1. The molecule has 1 fully saturated rings. The van der Waals surface area contributed by atoms with Crippen LogP contribution in [0.1, 0.15) is 43.9 Å². The lowest BCUT2D eigenvalue weighted by Gasteiger charge is -2.29. The van der Waals surface area contributed by atoms with E-state index in [-0.39, 0.29) is 0 Å². The summed E-state index contributed by atoms with van der Waals surface area (Å²) >= 11 is 0. The molecule has 1 aliphatic rings. The summed E-state index contributed by atoms with van der Waals surface area (Å²) < 4.78 is 0. The van der Waals surface area contributed by atoms with Gasteiger partial charge in [-0.05, 0) is 57.4 Å². The molecule has 2 nitrogen and oxygen atoms in total. The summed E-state index contributed by atoms with van der Waals surface area (Å²) in [5.41, 5.74) is 2.80. The van der Waals surface area contributed by atoms with E-state index in [1.807, 2.05) is 12.4 Å². The maximum absolute atomic E-state index is 4.26. The second-order valence-corrected chi connectivity index (χ2v) is 4.72. The van der Waals surface area contributed by atoms with Crippen molar-refractivity contribution in [1.82, 2.24) is 9.88 Å². The van der Waals surface area contributed by atoms with E-state index in [0.717, 1.165) is 0 Å². The number of pyridine rings is 1. The Morgan fingerprint density at radius 2 is 2.27 bits per heavy atom. The maximum Gasteiger partial charge on any atom is 0.0369 e. The SMILES string of the molecule is Cc1ccncc1[C@H]1CCCN1C(C)C. The van der Waals surface area contributed by atoms with Crippen molar-refractivity contribution in [2.75, 3.05) is 6.54 Å². The van der Waals surface area contributed by atoms with Crippen LogP contribution in [0.3, 0.4) is 0 Å². The first-order chi connectivity index (χ1) is 7.20. The molecule has 0 spiro atoms. The topological polar surface area (TPSA) is 16.1 Å². The van der Waals surface area contributed by atoms with Gasteiger partial charge in [0.05, 0.1) is 0 Å². The van der Waals surface area contributed by atoms with Crippen molar-refractivity contribution in [3.8, 4) is 0 Å². The molecule has 2 heterocycles. The highest BCUT2D eigenvalue weighted by Gasteiger charge is 2.28. The van der Waals surface area contributed by atoms with Crippen molar-refractivity contribution in [2.45, 2.75) is 45.7 Å². The van der Waals surface area contributed by atoms with Gasteiger partial charge in [0, 0.05) is 24.5 Å². The lowest BCUT2D eigenvalue weighted by molar-refractivity contribution is 0.205. The molecule has 0 aliphatic carbocycles. The molecule has 0 radical (unpaired) electrons. The minimum Gasteiger partial charge on any atom is -0.294 e. The van der Waals surface area contributed by atoms with Gasteiger partial charge in [-0.25, -0.2) is 0 Å². The quantitative estimate of drug-likeness (QED) is 0.736. The third-order valence-corrected chi connectivity index (χ3v) is 3.40. The van der Waals surface area contributed by atoms with E-state index in [1.165, 1.54) is 30.5 Å². The molecule has 1 atom stereocenters. The average molecular weight is 204 g/mol. The monoisotopic (exact) mass is 204 g/mol. The van der Waals surface area contributed by atoms with Crippen LogP contribution in [-0.2, 0) is 0 Å². The molecule has 1 aromatic heterocycles. The van der Waals surface area contributed by atoms with Crippen LogP contribution in [0.2, 0.25) is 0 Å². The van der Waals surface area contributed by atoms with Gasteiger partial charge >= 0.3 is 0 Å². The Balaban J connectivity index is 2.27. The molecule has 2 heteroatoms. The second kappa shape index (κ2) is 4.31. The molecule has 0 aromatic carbocycles. The first-order valence-corrected chi connectivity index (χ1v) is 5.86. The van der Waals surface area contributed by atoms with Gasteiger partial charge in [-0.3, -0.25) is 9.88 Å². The van der Waals surface area contributed by atoms with Gasteiger partial charge < -0.3 is 0 Å². The van der Waals surface area contributed by atoms with E-state index in [2.05, 4.69) is 36.7 Å². The van der Waals surface area contributed by atoms with Crippen molar-refractivity contribution >= 4 is 0 Å². The summed E-state index contributed by atoms with van der Waals surface area (Å²) in [7, 11) is 0. The van der Waals surface area contributed by atoms with Crippen LogP contribution < -0.4 is 0 Å². The molecule has 82 valence electrons. The number of likely N-dealkylation sites (tertiary alicyclic amines) is 1. The Labute approximate surface area is 92.3 Å². The van der Waals surface area contributed by atoms with Crippen molar-refractivity contribution in [1.29, 1.82) is 0 Å². The fourth-order valence-electron chi connectivity index (χ4n) is 2.57. The highest BCUT2D eigenvalue weighted by atomic mass is 15.2. The van der Waals surface area contributed by atoms with Crippen molar-refractivity contribution in [2.24, 2.45) is 0 Å². The van der Waals surface area contributed by atoms with Gasteiger partial charge in [0.15, 0.2) is 0 Å². The van der Waals surface area contributed by atoms with Crippen molar-refractivity contribution < 1.29 is 0 Å². The normalized spacial score (nSPS) is 22.5. The maximum atomic E-state index is 4.26. The minimum absolute atomic E-state index is 0.596. The van der Waals surface area contributed by atoms with Gasteiger partial charge in [-0.1, -0.05) is 0 Å². The Morgan fingerprint density at radius 3 is 2.93 bits per heavy atom. The first-order valence-electron chi connectivity index (χ1n) is 5.86. The summed E-state index contributed by atoms with van der Waals surface area (Å²) in [4.78, 5) is 6.84. The van der Waals surface area contributed by atoms with E-state index in [9.17, 15) is 0 Å². The zero-order valence-corrected chi connectivity index (χ0v) is 9.90. The van der Waals surface area contributed by atoms with E-state index >= 15 is 0 Å². The molecule has 1 saturated heterocycles. The Hall–Kier alpha value is -0.890. The van der Waals surface area contributed by atoms with E-state index in [1.54, 1.807) is 0 Å². The highest BCUT2D eigenvalue weighted by molar-refractivity contribution is 5.26. The zero-order valence-electron chi connectivity index (χ0n) is 9.90. The Morgan fingerprint density at radius 1 is 1.47 bits per heavy atom. The van der Waals surface area contributed by atoms with Gasteiger partial charge in [-0.15, -0.1) is 0 Å². The zero-order chi connectivity index (χ0) is 10.8. The second-order valence-electron chi connectivity index (χ2n) is 4.72. The van der Waals surface area contributed by atoms with E-state index < -0.39 is 0 Å². The predicted octanol–water partition coefficient (Wildman–Crippen LogP) is 2.94. The van der Waals surface area contributed by atoms with Crippen LogP contribution in [0.25, 0.3) is 0 Å². The molecule has 1 aromatic rings. The van der Waals surface area contributed by atoms with E-state index in [4.69, 9.17) is 0 Å².